The van der Waals surface area contributed by atoms with E-state index in [0.29, 0.717) is 10.7 Å². The highest BCUT2D eigenvalue weighted by molar-refractivity contribution is 7.03. The molecule has 0 saturated heterocycles. The van der Waals surface area contributed by atoms with Gasteiger partial charge in [-0.05, 0) is 35.8 Å². The summed E-state index contributed by atoms with van der Waals surface area (Å²) in [6.07, 6.45) is 0. The van der Waals surface area contributed by atoms with Gasteiger partial charge in [0.2, 0.25) is 0 Å². The van der Waals surface area contributed by atoms with Gasteiger partial charge < -0.3 is 5.32 Å². The van der Waals surface area contributed by atoms with Crippen molar-refractivity contribution in [1.29, 1.82) is 0 Å². The van der Waals surface area contributed by atoms with Gasteiger partial charge in [0.25, 0.3) is 5.91 Å². The fourth-order valence-electron chi connectivity index (χ4n) is 1.13. The number of imide groups is 1. The zero-order chi connectivity index (χ0) is 13.0. The molecule has 0 aliphatic rings. The maximum Gasteiger partial charge on any atom is 0.326 e. The Morgan fingerprint density at radius 1 is 1.22 bits per heavy atom. The fraction of sp³-hybridized carbons (Fsp3) is 0. The van der Waals surface area contributed by atoms with Crippen molar-refractivity contribution < 1.29 is 9.59 Å². The first-order valence-electron chi connectivity index (χ1n) is 4.80. The minimum absolute atomic E-state index is 0.103. The van der Waals surface area contributed by atoms with Crippen molar-refractivity contribution >= 4 is 40.8 Å². The topological polar surface area (TPSA) is 84.0 Å². The Morgan fingerprint density at radius 3 is 2.56 bits per heavy atom. The summed E-state index contributed by atoms with van der Waals surface area (Å²) in [7, 11) is 0. The van der Waals surface area contributed by atoms with Crippen LogP contribution < -0.4 is 10.6 Å². The average Bonchev–Trinajstić information content (AvgIpc) is 2.85. The number of urea groups is 1. The van der Waals surface area contributed by atoms with E-state index in [1.54, 1.807) is 24.3 Å². The van der Waals surface area contributed by atoms with Gasteiger partial charge in [-0.3, -0.25) is 10.1 Å². The van der Waals surface area contributed by atoms with Gasteiger partial charge in [0.15, 0.2) is 5.69 Å². The number of amides is 3. The van der Waals surface area contributed by atoms with Crippen LogP contribution in [0.25, 0.3) is 0 Å². The van der Waals surface area contributed by atoms with Crippen LogP contribution in [0, 0.1) is 0 Å². The number of halogens is 1. The van der Waals surface area contributed by atoms with Crippen LogP contribution in [-0.2, 0) is 0 Å². The Labute approximate surface area is 111 Å². The highest BCUT2D eigenvalue weighted by Crippen LogP contribution is 2.13. The number of anilines is 1. The molecule has 3 amide bonds. The summed E-state index contributed by atoms with van der Waals surface area (Å²) in [6, 6.07) is 5.86. The molecule has 18 heavy (non-hydrogen) atoms. The van der Waals surface area contributed by atoms with Gasteiger partial charge in [0.05, 0.1) is 0 Å². The molecule has 8 heteroatoms. The first-order valence-corrected chi connectivity index (χ1v) is 6.01. The average molecular weight is 283 g/mol. The van der Waals surface area contributed by atoms with E-state index < -0.39 is 11.9 Å². The molecule has 0 atom stereocenters. The Bertz CT molecular complexity index is 556. The third kappa shape index (κ3) is 3.25. The molecular formula is C10H7ClN4O2S. The van der Waals surface area contributed by atoms with Crippen molar-refractivity contribution in [3.8, 4) is 0 Å². The molecule has 1 aromatic carbocycles. The van der Waals surface area contributed by atoms with E-state index in [-0.39, 0.29) is 5.69 Å². The van der Waals surface area contributed by atoms with Gasteiger partial charge in [-0.25, -0.2) is 4.79 Å². The lowest BCUT2D eigenvalue weighted by Gasteiger charge is -2.05. The number of benzene rings is 1. The fourth-order valence-corrected chi connectivity index (χ4v) is 1.69. The number of carbonyl (C=O) groups excluding carboxylic acids is 2. The van der Waals surface area contributed by atoms with Crippen molar-refractivity contribution in [2.45, 2.75) is 0 Å². The lowest BCUT2D eigenvalue weighted by molar-refractivity contribution is 0.0962. The second-order valence-electron chi connectivity index (χ2n) is 3.21. The van der Waals surface area contributed by atoms with E-state index in [9.17, 15) is 9.59 Å². The van der Waals surface area contributed by atoms with E-state index in [1.165, 1.54) is 5.38 Å². The molecule has 2 rings (SSSR count). The van der Waals surface area contributed by atoms with Crippen molar-refractivity contribution in [3.63, 3.8) is 0 Å². The minimum Gasteiger partial charge on any atom is -0.308 e. The molecular weight excluding hydrogens is 276 g/mol. The van der Waals surface area contributed by atoms with E-state index in [2.05, 4.69) is 20.2 Å². The molecule has 0 bridgehead atoms. The van der Waals surface area contributed by atoms with Crippen LogP contribution in [0.15, 0.2) is 29.6 Å². The molecule has 0 saturated carbocycles. The van der Waals surface area contributed by atoms with Crippen LogP contribution >= 0.6 is 23.1 Å². The van der Waals surface area contributed by atoms with Gasteiger partial charge in [-0.15, -0.1) is 5.10 Å². The molecule has 1 heterocycles. The normalized spacial score (nSPS) is 9.83. The number of nitrogens with zero attached hydrogens (tertiary/aromatic N) is 2. The van der Waals surface area contributed by atoms with Crippen LogP contribution in [-0.4, -0.2) is 21.5 Å². The molecule has 0 aliphatic carbocycles. The van der Waals surface area contributed by atoms with Crippen LogP contribution in [0.4, 0.5) is 10.5 Å². The molecule has 0 aliphatic heterocycles. The molecule has 2 aromatic rings. The Morgan fingerprint density at radius 2 is 1.94 bits per heavy atom. The summed E-state index contributed by atoms with van der Waals surface area (Å²) in [5, 5.41) is 10.2. The molecule has 0 spiro atoms. The molecule has 0 unspecified atom stereocenters. The lowest BCUT2D eigenvalue weighted by Crippen LogP contribution is -2.34. The van der Waals surface area contributed by atoms with E-state index in [4.69, 9.17) is 11.6 Å². The summed E-state index contributed by atoms with van der Waals surface area (Å²) in [5.74, 6) is -0.602. The summed E-state index contributed by atoms with van der Waals surface area (Å²) in [4.78, 5) is 23.0. The third-order valence-corrected chi connectivity index (χ3v) is 2.68. The van der Waals surface area contributed by atoms with Crippen molar-refractivity contribution in [2.75, 3.05) is 5.32 Å². The second-order valence-corrected chi connectivity index (χ2v) is 4.25. The maximum absolute atomic E-state index is 11.5. The Balaban J connectivity index is 1.93. The van der Waals surface area contributed by atoms with Crippen LogP contribution in [0.3, 0.4) is 0 Å². The predicted octanol–water partition coefficient (Wildman–Crippen LogP) is 2.15. The highest BCUT2D eigenvalue weighted by atomic mass is 35.5. The number of carbonyl (C=O) groups is 2. The lowest BCUT2D eigenvalue weighted by atomic mass is 10.3. The molecule has 0 radical (unpaired) electrons. The van der Waals surface area contributed by atoms with Gasteiger partial charge in [-0.2, -0.15) is 0 Å². The van der Waals surface area contributed by atoms with Crippen LogP contribution in [0.5, 0.6) is 0 Å². The summed E-state index contributed by atoms with van der Waals surface area (Å²) in [5.41, 5.74) is 0.632. The quantitative estimate of drug-likeness (QED) is 0.884. The van der Waals surface area contributed by atoms with Crippen LogP contribution in [0.1, 0.15) is 10.5 Å². The third-order valence-electron chi connectivity index (χ3n) is 1.92. The maximum atomic E-state index is 11.5. The molecule has 1 aromatic heterocycles. The number of aromatic nitrogens is 2. The van der Waals surface area contributed by atoms with Gasteiger partial charge in [-0.1, -0.05) is 16.1 Å². The highest BCUT2D eigenvalue weighted by Gasteiger charge is 2.12. The zero-order valence-corrected chi connectivity index (χ0v) is 10.5. The van der Waals surface area contributed by atoms with Crippen LogP contribution in [0.2, 0.25) is 5.02 Å². The van der Waals surface area contributed by atoms with E-state index in [1.807, 2.05) is 0 Å². The Hall–Kier alpha value is -1.99. The standard InChI is InChI=1S/C10H7ClN4O2S/c11-6-1-3-7(4-2-6)12-10(17)13-9(16)8-5-18-15-14-8/h1-5H,(H2,12,13,16,17). The SMILES string of the molecule is O=C(NC(=O)c1csnn1)Nc1ccc(Cl)cc1. The number of nitrogens with one attached hydrogen (secondary N) is 2. The van der Waals surface area contributed by atoms with E-state index in [0.717, 1.165) is 11.5 Å². The largest absolute Gasteiger partial charge is 0.326 e. The monoisotopic (exact) mass is 282 g/mol. The summed E-state index contributed by atoms with van der Waals surface area (Å²) >= 11 is 6.74. The minimum atomic E-state index is -0.643. The zero-order valence-electron chi connectivity index (χ0n) is 8.88. The van der Waals surface area contributed by atoms with Gasteiger partial charge in [0.1, 0.15) is 0 Å². The first-order chi connectivity index (χ1) is 8.65. The first kappa shape index (κ1) is 12.5. The molecule has 6 nitrogen and oxygen atoms in total. The van der Waals surface area contributed by atoms with Crippen molar-refractivity contribution in [2.24, 2.45) is 0 Å². The second kappa shape index (κ2) is 5.56. The molecule has 92 valence electrons. The Kier molecular flexibility index (Phi) is 3.85. The van der Waals surface area contributed by atoms with Gasteiger partial charge in [0, 0.05) is 16.1 Å². The van der Waals surface area contributed by atoms with Gasteiger partial charge >= 0.3 is 6.03 Å². The smallest absolute Gasteiger partial charge is 0.308 e. The van der Waals surface area contributed by atoms with Crippen molar-refractivity contribution in [1.82, 2.24) is 14.9 Å². The summed E-state index contributed by atoms with van der Waals surface area (Å²) < 4.78 is 3.53. The molecule has 0 fully saturated rings. The van der Waals surface area contributed by atoms with Crippen molar-refractivity contribution in [3.05, 3.63) is 40.4 Å². The summed E-state index contributed by atoms with van der Waals surface area (Å²) in [6.45, 7) is 0. The van der Waals surface area contributed by atoms with E-state index >= 15 is 0 Å². The number of hydrogen-bond acceptors (Lipinski definition) is 5. The number of rotatable bonds is 2. The predicted molar refractivity (Wildman–Crippen MR) is 67.8 cm³/mol. The molecule has 2 N–H and O–H groups in total. The number of hydrogen-bond donors (Lipinski definition) is 2.